The van der Waals surface area contributed by atoms with Gasteiger partial charge in [-0.05, 0) is 57.1 Å². The molecule has 0 heterocycles. The van der Waals surface area contributed by atoms with E-state index in [1.54, 1.807) is 9.80 Å². The van der Waals surface area contributed by atoms with E-state index >= 15 is 0 Å². The summed E-state index contributed by atoms with van der Waals surface area (Å²) in [6.07, 6.45) is 8.44. The Morgan fingerprint density at radius 3 is 0.966 bits per heavy atom. The Morgan fingerprint density at radius 2 is 0.862 bits per heavy atom. The summed E-state index contributed by atoms with van der Waals surface area (Å²) in [6.45, 7) is 22.9. The normalized spacial score (nSPS) is 10.9. The third-order valence-corrected chi connectivity index (χ3v) is 4.28. The summed E-state index contributed by atoms with van der Waals surface area (Å²) in [7, 11) is 0. The number of hydrogen-bond donors (Lipinski definition) is 2. The van der Waals surface area contributed by atoms with Gasteiger partial charge in [0.2, 0.25) is 0 Å². The van der Waals surface area contributed by atoms with Crippen molar-refractivity contribution in [3.8, 4) is 0 Å². The summed E-state index contributed by atoms with van der Waals surface area (Å²) in [5, 5.41) is 19.4. The van der Waals surface area contributed by atoms with Gasteiger partial charge in [-0.2, -0.15) is 0 Å². The second-order valence-electron chi connectivity index (χ2n) is 7.43. The molecule has 0 saturated carbocycles. The molecule has 0 unspecified atom stereocenters. The number of nitrogens with one attached hydrogen (secondary N) is 2. The predicted molar refractivity (Wildman–Crippen MR) is 117 cm³/mol. The lowest BCUT2D eigenvalue weighted by molar-refractivity contribution is -0.900. The van der Waals surface area contributed by atoms with Crippen molar-refractivity contribution in [3.05, 3.63) is 11.6 Å². The molecule has 0 aliphatic rings. The van der Waals surface area contributed by atoms with Crippen LogP contribution in [0.3, 0.4) is 0 Å². The lowest BCUT2D eigenvalue weighted by atomic mass is 10.3. The van der Waals surface area contributed by atoms with Gasteiger partial charge in [0.1, 0.15) is 0 Å². The summed E-state index contributed by atoms with van der Waals surface area (Å²) in [5.41, 5.74) is -0.352. The number of aliphatic carboxylic acids is 2. The van der Waals surface area contributed by atoms with E-state index in [9.17, 15) is 19.8 Å². The van der Waals surface area contributed by atoms with Crippen molar-refractivity contribution in [1.82, 2.24) is 0 Å². The molecular formula is C23H48N2O4. The average molecular weight is 417 g/mol. The Morgan fingerprint density at radius 1 is 0.621 bits per heavy atom. The molecule has 6 heteroatoms. The molecule has 174 valence electrons. The summed E-state index contributed by atoms with van der Waals surface area (Å²) < 4.78 is 0. The zero-order chi connectivity index (χ0) is 23.1. The van der Waals surface area contributed by atoms with Crippen LogP contribution in [0.4, 0.5) is 0 Å². The van der Waals surface area contributed by atoms with Crippen LogP contribution in [0.15, 0.2) is 11.6 Å². The van der Waals surface area contributed by atoms with E-state index in [0.29, 0.717) is 6.08 Å². The number of carboxylic acid groups (broad SMARTS) is 2. The zero-order valence-corrected chi connectivity index (χ0v) is 20.2. The molecule has 0 aliphatic heterocycles. The molecule has 0 saturated heterocycles. The molecule has 0 aromatic carbocycles. The summed E-state index contributed by atoms with van der Waals surface area (Å²) >= 11 is 0. The molecule has 0 amide bonds. The Balaban J connectivity index is -0.000000350. The standard InChI is InChI=1S/2C9H21N.C5H6O4/c2*1-4-7-10(8-5-2)9-6-3;1-3(5(8)9)2-4(6)7/h2*4-9H2,1-3H3;2H,1H3,(H,6,7)(H,8,9)/b;;3-2+. The van der Waals surface area contributed by atoms with Crippen molar-refractivity contribution in [2.45, 2.75) is 87.0 Å². The maximum Gasteiger partial charge on any atom is 0.0768 e. The van der Waals surface area contributed by atoms with Crippen LogP contribution in [0, 0.1) is 0 Å². The van der Waals surface area contributed by atoms with Gasteiger partial charge in [0.25, 0.3) is 0 Å². The first-order valence-electron chi connectivity index (χ1n) is 11.5. The molecule has 29 heavy (non-hydrogen) atoms. The van der Waals surface area contributed by atoms with E-state index in [1.165, 1.54) is 77.8 Å². The molecule has 0 fully saturated rings. The number of rotatable bonds is 14. The predicted octanol–water partition coefficient (Wildman–Crippen LogP) is -0.365. The first-order valence-corrected chi connectivity index (χ1v) is 11.5. The van der Waals surface area contributed by atoms with E-state index < -0.39 is 11.9 Å². The highest BCUT2D eigenvalue weighted by Crippen LogP contribution is 1.86. The van der Waals surface area contributed by atoms with Gasteiger partial charge < -0.3 is 29.6 Å². The van der Waals surface area contributed by atoms with Crippen LogP contribution in [-0.4, -0.2) is 51.2 Å². The smallest absolute Gasteiger partial charge is 0.0768 e. The van der Waals surface area contributed by atoms with E-state index in [2.05, 4.69) is 41.5 Å². The van der Waals surface area contributed by atoms with Gasteiger partial charge >= 0.3 is 0 Å². The van der Waals surface area contributed by atoms with Crippen molar-refractivity contribution in [2.75, 3.05) is 39.3 Å². The Kier molecular flexibility index (Phi) is 27.4. The number of carbonyl (C=O) groups is 2. The molecular weight excluding hydrogens is 368 g/mol. The molecule has 0 atom stereocenters. The van der Waals surface area contributed by atoms with Crippen LogP contribution in [0.5, 0.6) is 0 Å². The minimum absolute atomic E-state index is 0.352. The van der Waals surface area contributed by atoms with Crippen molar-refractivity contribution in [3.63, 3.8) is 0 Å². The van der Waals surface area contributed by atoms with Gasteiger partial charge in [0.15, 0.2) is 0 Å². The molecule has 0 aliphatic carbocycles. The van der Waals surface area contributed by atoms with Crippen molar-refractivity contribution in [2.24, 2.45) is 0 Å². The Labute approximate surface area is 180 Å². The highest BCUT2D eigenvalue weighted by Gasteiger charge is 2.02. The average Bonchev–Trinajstić information content (AvgIpc) is 2.63. The van der Waals surface area contributed by atoms with Crippen LogP contribution in [-0.2, 0) is 9.59 Å². The maximum absolute atomic E-state index is 9.76. The van der Waals surface area contributed by atoms with Crippen molar-refractivity contribution < 1.29 is 29.6 Å². The zero-order valence-electron chi connectivity index (χ0n) is 20.2. The molecule has 0 bridgehead atoms. The van der Waals surface area contributed by atoms with Crippen molar-refractivity contribution in [1.29, 1.82) is 0 Å². The number of quaternary nitrogens is 2. The second kappa shape index (κ2) is 24.6. The van der Waals surface area contributed by atoms with E-state index in [1.807, 2.05) is 0 Å². The summed E-state index contributed by atoms with van der Waals surface area (Å²) in [4.78, 5) is 23.0. The summed E-state index contributed by atoms with van der Waals surface area (Å²) in [5.74, 6) is -3.03. The summed E-state index contributed by atoms with van der Waals surface area (Å²) in [6, 6.07) is 0. The van der Waals surface area contributed by atoms with Gasteiger partial charge in [-0.25, -0.2) is 0 Å². The third kappa shape index (κ3) is 26.6. The first kappa shape index (κ1) is 32.3. The van der Waals surface area contributed by atoms with E-state index in [4.69, 9.17) is 0 Å². The largest absolute Gasteiger partial charge is 0.545 e. The van der Waals surface area contributed by atoms with Crippen LogP contribution in [0.2, 0.25) is 0 Å². The first-order chi connectivity index (χ1) is 13.7. The lowest BCUT2D eigenvalue weighted by Gasteiger charge is -2.16. The fourth-order valence-corrected chi connectivity index (χ4v) is 3.11. The quantitative estimate of drug-likeness (QED) is 0.378. The van der Waals surface area contributed by atoms with E-state index in [-0.39, 0.29) is 5.57 Å². The maximum atomic E-state index is 9.76. The molecule has 2 N–H and O–H groups in total. The SMILES string of the molecule is C/C(=C\C(=O)[O-])C(=O)[O-].CCC[NH+](CCC)CCC.CCC[NH+](CCC)CCC. The van der Waals surface area contributed by atoms with Crippen molar-refractivity contribution >= 4 is 11.9 Å². The minimum atomic E-state index is -1.53. The topological polar surface area (TPSA) is 89.1 Å². The molecule has 0 rings (SSSR count). The minimum Gasteiger partial charge on any atom is -0.545 e. The van der Waals surface area contributed by atoms with Gasteiger partial charge in [-0.1, -0.05) is 41.5 Å². The molecule has 0 aromatic heterocycles. The number of carboxylic acids is 2. The van der Waals surface area contributed by atoms with Gasteiger partial charge in [0.05, 0.1) is 51.2 Å². The highest BCUT2D eigenvalue weighted by atomic mass is 16.4. The van der Waals surface area contributed by atoms with Gasteiger partial charge in [-0.15, -0.1) is 0 Å². The second-order valence-corrected chi connectivity index (χ2v) is 7.43. The van der Waals surface area contributed by atoms with Crippen LogP contribution < -0.4 is 20.0 Å². The van der Waals surface area contributed by atoms with Crippen LogP contribution in [0.25, 0.3) is 0 Å². The van der Waals surface area contributed by atoms with Gasteiger partial charge in [0, 0.05) is 0 Å². The third-order valence-electron chi connectivity index (χ3n) is 4.28. The molecule has 6 nitrogen and oxygen atoms in total. The Hall–Kier alpha value is -1.40. The number of carbonyl (C=O) groups excluding carboxylic acids is 2. The van der Waals surface area contributed by atoms with Crippen LogP contribution in [0.1, 0.15) is 87.0 Å². The molecule has 0 spiro atoms. The van der Waals surface area contributed by atoms with Gasteiger partial charge in [-0.3, -0.25) is 0 Å². The van der Waals surface area contributed by atoms with Crippen LogP contribution >= 0.6 is 0 Å². The van der Waals surface area contributed by atoms with E-state index in [0.717, 1.165) is 6.92 Å². The molecule has 0 aromatic rings. The fourth-order valence-electron chi connectivity index (χ4n) is 3.11. The monoisotopic (exact) mass is 416 g/mol. The Bertz CT molecular complexity index is 365. The molecule has 0 radical (unpaired) electrons. The highest BCUT2D eigenvalue weighted by molar-refractivity contribution is 5.92. The fraction of sp³-hybridized carbons (Fsp3) is 0.826. The number of hydrogen-bond acceptors (Lipinski definition) is 4. The lowest BCUT2D eigenvalue weighted by Crippen LogP contribution is -3.11.